The normalized spacial score (nSPS) is 16.6. The van der Waals surface area contributed by atoms with Crippen molar-refractivity contribution in [3.8, 4) is 0 Å². The summed E-state index contributed by atoms with van der Waals surface area (Å²) in [6.07, 6.45) is 5.88. The van der Waals surface area contributed by atoms with Gasteiger partial charge < -0.3 is 9.73 Å². The summed E-state index contributed by atoms with van der Waals surface area (Å²) in [6, 6.07) is 5.49. The minimum atomic E-state index is -0.435. The molecule has 1 heterocycles. The maximum absolute atomic E-state index is 10.9. The third-order valence-electron chi connectivity index (χ3n) is 3.53. The molecule has 0 amide bonds. The van der Waals surface area contributed by atoms with Crippen molar-refractivity contribution in [1.82, 2.24) is 4.98 Å². The highest BCUT2D eigenvalue weighted by atomic mass is 16.6. The van der Waals surface area contributed by atoms with Crippen molar-refractivity contribution in [2.45, 2.75) is 38.1 Å². The Morgan fingerprint density at radius 2 is 2.11 bits per heavy atom. The van der Waals surface area contributed by atoms with Crippen LogP contribution < -0.4 is 5.32 Å². The molecule has 0 radical (unpaired) electrons. The molecule has 1 N–H and O–H groups in total. The molecule has 1 saturated carbocycles. The zero-order valence-electron chi connectivity index (χ0n) is 10.5. The predicted octanol–water partition coefficient (Wildman–Crippen LogP) is 3.48. The Labute approximate surface area is 110 Å². The number of fused-ring (bicyclic) bond motifs is 1. The molecule has 0 saturated heterocycles. The largest absolute Gasteiger partial charge is 0.423 e. The minimum absolute atomic E-state index is 0.0158. The van der Waals surface area contributed by atoms with Crippen molar-refractivity contribution < 1.29 is 9.34 Å². The number of oxazole rings is 1. The highest BCUT2D eigenvalue weighted by Gasteiger charge is 2.20. The minimum Gasteiger partial charge on any atom is -0.423 e. The van der Waals surface area contributed by atoms with E-state index < -0.39 is 4.92 Å². The predicted molar refractivity (Wildman–Crippen MR) is 71.2 cm³/mol. The summed E-state index contributed by atoms with van der Waals surface area (Å²) >= 11 is 0. The molecule has 0 spiro atoms. The monoisotopic (exact) mass is 261 g/mol. The molecule has 19 heavy (non-hydrogen) atoms. The topological polar surface area (TPSA) is 81.2 Å². The second kappa shape index (κ2) is 4.87. The van der Waals surface area contributed by atoms with Gasteiger partial charge in [0.15, 0.2) is 11.1 Å². The van der Waals surface area contributed by atoms with Crippen molar-refractivity contribution in [3.63, 3.8) is 0 Å². The van der Waals surface area contributed by atoms with Gasteiger partial charge in [-0.3, -0.25) is 10.1 Å². The number of nitro groups is 1. The lowest BCUT2D eigenvalue weighted by molar-refractivity contribution is -0.383. The van der Waals surface area contributed by atoms with E-state index >= 15 is 0 Å². The Bertz CT molecular complexity index is 602. The quantitative estimate of drug-likeness (QED) is 0.675. The van der Waals surface area contributed by atoms with Gasteiger partial charge in [0.25, 0.3) is 11.7 Å². The zero-order chi connectivity index (χ0) is 13.2. The smallest absolute Gasteiger partial charge is 0.298 e. The number of rotatable bonds is 3. The van der Waals surface area contributed by atoms with Gasteiger partial charge in [-0.15, -0.1) is 0 Å². The van der Waals surface area contributed by atoms with Gasteiger partial charge in [-0.1, -0.05) is 25.3 Å². The number of aromatic nitrogens is 1. The number of non-ortho nitro benzene ring substituents is 1. The first-order valence-electron chi connectivity index (χ1n) is 6.54. The standard InChI is InChI=1S/C13H15N3O3/c17-16(18)10-7-4-8-11-12(10)15-13(19-11)14-9-5-2-1-3-6-9/h4,7-9H,1-3,5-6H2,(H,14,15). The van der Waals surface area contributed by atoms with Crippen molar-refractivity contribution in [2.24, 2.45) is 0 Å². The van der Waals surface area contributed by atoms with Gasteiger partial charge in [0.2, 0.25) is 0 Å². The molecule has 1 aliphatic carbocycles. The third kappa shape index (κ3) is 2.38. The molecule has 1 fully saturated rings. The Balaban J connectivity index is 1.88. The van der Waals surface area contributed by atoms with Crippen LogP contribution in [0.3, 0.4) is 0 Å². The maximum Gasteiger partial charge on any atom is 0.298 e. The third-order valence-corrected chi connectivity index (χ3v) is 3.53. The van der Waals surface area contributed by atoms with E-state index in [-0.39, 0.29) is 5.69 Å². The van der Waals surface area contributed by atoms with Crippen LogP contribution in [-0.2, 0) is 0 Å². The molecule has 100 valence electrons. The van der Waals surface area contributed by atoms with Crippen molar-refractivity contribution in [2.75, 3.05) is 5.32 Å². The number of para-hydroxylation sites is 1. The number of benzene rings is 1. The van der Waals surface area contributed by atoms with E-state index in [0.29, 0.717) is 23.2 Å². The summed E-state index contributed by atoms with van der Waals surface area (Å²) in [5.74, 6) is 0. The van der Waals surface area contributed by atoms with E-state index in [1.54, 1.807) is 12.1 Å². The van der Waals surface area contributed by atoms with E-state index in [1.165, 1.54) is 25.3 Å². The lowest BCUT2D eigenvalue weighted by Gasteiger charge is -2.21. The highest BCUT2D eigenvalue weighted by Crippen LogP contribution is 2.29. The van der Waals surface area contributed by atoms with E-state index in [4.69, 9.17) is 4.42 Å². The zero-order valence-corrected chi connectivity index (χ0v) is 10.5. The molecule has 2 aromatic rings. The van der Waals surface area contributed by atoms with Gasteiger partial charge in [-0.05, 0) is 18.9 Å². The first-order chi connectivity index (χ1) is 9.24. The fourth-order valence-corrected chi connectivity index (χ4v) is 2.56. The Hall–Kier alpha value is -2.11. The first-order valence-corrected chi connectivity index (χ1v) is 6.54. The Morgan fingerprint density at radius 3 is 2.84 bits per heavy atom. The Morgan fingerprint density at radius 1 is 1.32 bits per heavy atom. The average Bonchev–Trinajstić information content (AvgIpc) is 2.81. The maximum atomic E-state index is 10.9. The van der Waals surface area contributed by atoms with E-state index in [9.17, 15) is 10.1 Å². The fraction of sp³-hybridized carbons (Fsp3) is 0.462. The molecule has 0 unspecified atom stereocenters. The van der Waals surface area contributed by atoms with E-state index in [0.717, 1.165) is 12.8 Å². The van der Waals surface area contributed by atoms with E-state index in [1.807, 2.05) is 0 Å². The van der Waals surface area contributed by atoms with Crippen LogP contribution in [0, 0.1) is 10.1 Å². The molecule has 0 aliphatic heterocycles. The molecule has 1 aromatic carbocycles. The van der Waals surface area contributed by atoms with Gasteiger partial charge in [0.05, 0.1) is 4.92 Å². The molecule has 0 atom stereocenters. The number of nitrogens with one attached hydrogen (secondary N) is 1. The molecular formula is C13H15N3O3. The SMILES string of the molecule is O=[N+]([O-])c1cccc2oc(NC3CCCCC3)nc12. The Kier molecular flexibility index (Phi) is 3.06. The number of nitro benzene ring substituents is 1. The summed E-state index contributed by atoms with van der Waals surface area (Å²) in [6.45, 7) is 0. The molecule has 6 heteroatoms. The summed E-state index contributed by atoms with van der Waals surface area (Å²) in [7, 11) is 0. The summed E-state index contributed by atoms with van der Waals surface area (Å²) in [5, 5.41) is 14.2. The molecule has 1 aliphatic rings. The highest BCUT2D eigenvalue weighted by molar-refractivity contribution is 5.84. The number of hydrogen-bond acceptors (Lipinski definition) is 5. The van der Waals surface area contributed by atoms with Crippen LogP contribution in [0.25, 0.3) is 11.1 Å². The number of hydrogen-bond donors (Lipinski definition) is 1. The van der Waals surface area contributed by atoms with Gasteiger partial charge >= 0.3 is 0 Å². The van der Waals surface area contributed by atoms with Gasteiger partial charge in [0.1, 0.15) is 0 Å². The first kappa shape index (κ1) is 12.0. The lowest BCUT2D eigenvalue weighted by atomic mass is 9.96. The second-order valence-electron chi connectivity index (χ2n) is 4.88. The van der Waals surface area contributed by atoms with Crippen molar-refractivity contribution in [1.29, 1.82) is 0 Å². The molecule has 1 aromatic heterocycles. The van der Waals surface area contributed by atoms with Gasteiger partial charge in [-0.2, -0.15) is 4.98 Å². The number of anilines is 1. The fourth-order valence-electron chi connectivity index (χ4n) is 2.56. The van der Waals surface area contributed by atoms with Crippen LogP contribution in [0.5, 0.6) is 0 Å². The van der Waals surface area contributed by atoms with Gasteiger partial charge in [-0.25, -0.2) is 0 Å². The van der Waals surface area contributed by atoms with E-state index in [2.05, 4.69) is 10.3 Å². The molecule has 3 rings (SSSR count). The number of nitrogens with zero attached hydrogens (tertiary/aromatic N) is 2. The van der Waals surface area contributed by atoms with Gasteiger partial charge in [0, 0.05) is 12.1 Å². The van der Waals surface area contributed by atoms with Crippen LogP contribution in [0.2, 0.25) is 0 Å². The molecule has 0 bridgehead atoms. The lowest BCUT2D eigenvalue weighted by Crippen LogP contribution is -2.22. The second-order valence-corrected chi connectivity index (χ2v) is 4.88. The molecule has 6 nitrogen and oxygen atoms in total. The van der Waals surface area contributed by atoms with Crippen molar-refractivity contribution in [3.05, 3.63) is 28.3 Å². The van der Waals surface area contributed by atoms with Crippen LogP contribution in [-0.4, -0.2) is 15.9 Å². The van der Waals surface area contributed by atoms with Crippen LogP contribution >= 0.6 is 0 Å². The van der Waals surface area contributed by atoms with Crippen LogP contribution in [0.1, 0.15) is 32.1 Å². The molecular weight excluding hydrogens is 246 g/mol. The van der Waals surface area contributed by atoms with Crippen molar-refractivity contribution >= 4 is 22.8 Å². The average molecular weight is 261 g/mol. The van der Waals surface area contributed by atoms with Crippen LogP contribution in [0.4, 0.5) is 11.7 Å². The van der Waals surface area contributed by atoms with Crippen LogP contribution in [0.15, 0.2) is 22.6 Å². The summed E-state index contributed by atoms with van der Waals surface area (Å²) < 4.78 is 5.53. The summed E-state index contributed by atoms with van der Waals surface area (Å²) in [5.41, 5.74) is 0.747. The summed E-state index contributed by atoms with van der Waals surface area (Å²) in [4.78, 5) is 14.7.